The minimum absolute atomic E-state index is 0.0964. The van der Waals surface area contributed by atoms with E-state index in [-0.39, 0.29) is 11.8 Å². The summed E-state index contributed by atoms with van der Waals surface area (Å²) in [6.45, 7) is 1.97. The van der Waals surface area contributed by atoms with Gasteiger partial charge in [-0.2, -0.15) is 5.10 Å². The maximum absolute atomic E-state index is 12.6. The van der Waals surface area contributed by atoms with Crippen LogP contribution in [-0.2, 0) is 29.6 Å². The number of benzene rings is 1. The number of rotatable bonds is 2. The second-order valence-electron chi connectivity index (χ2n) is 5.53. The number of aromatic nitrogens is 2. The standard InChI is InChI=1S/C16H18N4O2/c1-11(21)20-9-13-6-4-3-5-12(13)7-15(20)16(22)18-14-8-17-19(2)10-14/h3-6,8,10,15H,7,9H2,1-2H3,(H,18,22)/t15-/m0/s1. The molecule has 0 saturated heterocycles. The Morgan fingerprint density at radius 3 is 2.64 bits per heavy atom. The lowest BCUT2D eigenvalue weighted by Gasteiger charge is -2.35. The Kier molecular flexibility index (Phi) is 3.66. The average Bonchev–Trinajstić information content (AvgIpc) is 2.90. The summed E-state index contributed by atoms with van der Waals surface area (Å²) in [6, 6.07) is 7.43. The monoisotopic (exact) mass is 298 g/mol. The Hall–Kier alpha value is -2.63. The number of nitrogens with zero attached hydrogens (tertiary/aromatic N) is 3. The quantitative estimate of drug-likeness (QED) is 0.909. The Labute approximate surface area is 128 Å². The Bertz CT molecular complexity index is 722. The van der Waals surface area contributed by atoms with Crippen molar-refractivity contribution in [1.82, 2.24) is 14.7 Å². The van der Waals surface area contributed by atoms with Crippen LogP contribution in [0.3, 0.4) is 0 Å². The van der Waals surface area contributed by atoms with Gasteiger partial charge in [0.05, 0.1) is 11.9 Å². The molecule has 22 heavy (non-hydrogen) atoms. The van der Waals surface area contributed by atoms with Gasteiger partial charge in [0.25, 0.3) is 0 Å². The highest BCUT2D eigenvalue weighted by Gasteiger charge is 2.33. The Morgan fingerprint density at radius 1 is 1.27 bits per heavy atom. The van der Waals surface area contributed by atoms with Gasteiger partial charge in [0, 0.05) is 33.1 Å². The molecular weight excluding hydrogens is 280 g/mol. The molecule has 6 heteroatoms. The molecule has 1 aromatic heterocycles. The van der Waals surface area contributed by atoms with Crippen molar-refractivity contribution >= 4 is 17.5 Å². The first kappa shape index (κ1) is 14.3. The third-order valence-electron chi connectivity index (χ3n) is 3.93. The van der Waals surface area contributed by atoms with Crippen molar-refractivity contribution < 1.29 is 9.59 Å². The SMILES string of the molecule is CC(=O)N1Cc2ccccc2C[C@H]1C(=O)Nc1cnn(C)c1. The van der Waals surface area contributed by atoms with Gasteiger partial charge in [-0.05, 0) is 11.1 Å². The first-order valence-electron chi connectivity index (χ1n) is 7.18. The van der Waals surface area contributed by atoms with Crippen LogP contribution in [0.4, 0.5) is 5.69 Å². The highest BCUT2D eigenvalue weighted by molar-refractivity contribution is 5.97. The summed E-state index contributed by atoms with van der Waals surface area (Å²) in [5, 5.41) is 6.86. The number of carbonyl (C=O) groups excluding carboxylic acids is 2. The minimum atomic E-state index is -0.493. The van der Waals surface area contributed by atoms with Crippen molar-refractivity contribution in [3.05, 3.63) is 47.8 Å². The topological polar surface area (TPSA) is 67.2 Å². The molecule has 0 spiro atoms. The molecule has 2 amide bonds. The van der Waals surface area contributed by atoms with E-state index >= 15 is 0 Å². The van der Waals surface area contributed by atoms with Crippen molar-refractivity contribution in [2.24, 2.45) is 7.05 Å². The largest absolute Gasteiger partial charge is 0.326 e. The molecule has 0 fully saturated rings. The maximum atomic E-state index is 12.6. The van der Waals surface area contributed by atoms with E-state index in [4.69, 9.17) is 0 Å². The zero-order chi connectivity index (χ0) is 15.7. The molecule has 3 rings (SSSR count). The fourth-order valence-corrected chi connectivity index (χ4v) is 2.80. The lowest BCUT2D eigenvalue weighted by Crippen LogP contribution is -2.49. The van der Waals surface area contributed by atoms with E-state index < -0.39 is 6.04 Å². The summed E-state index contributed by atoms with van der Waals surface area (Å²) < 4.78 is 1.62. The fraction of sp³-hybridized carbons (Fsp3) is 0.312. The van der Waals surface area contributed by atoms with Crippen LogP contribution in [0.15, 0.2) is 36.7 Å². The molecule has 1 aliphatic heterocycles. The van der Waals surface area contributed by atoms with Crippen LogP contribution in [0.25, 0.3) is 0 Å². The van der Waals surface area contributed by atoms with Gasteiger partial charge in [-0.15, -0.1) is 0 Å². The van der Waals surface area contributed by atoms with Gasteiger partial charge in [0.2, 0.25) is 11.8 Å². The molecule has 2 heterocycles. The maximum Gasteiger partial charge on any atom is 0.247 e. The van der Waals surface area contributed by atoms with Crippen LogP contribution in [0.2, 0.25) is 0 Å². The number of hydrogen-bond donors (Lipinski definition) is 1. The van der Waals surface area contributed by atoms with Crippen LogP contribution in [0.1, 0.15) is 18.1 Å². The molecule has 0 aliphatic carbocycles. The number of fused-ring (bicyclic) bond motifs is 1. The van der Waals surface area contributed by atoms with Crippen LogP contribution < -0.4 is 5.32 Å². The van der Waals surface area contributed by atoms with Crippen molar-refractivity contribution in [1.29, 1.82) is 0 Å². The summed E-state index contributed by atoms with van der Waals surface area (Å²) in [6.07, 6.45) is 3.85. The van der Waals surface area contributed by atoms with Gasteiger partial charge in [0.1, 0.15) is 6.04 Å². The number of aryl methyl sites for hydroxylation is 1. The van der Waals surface area contributed by atoms with Crippen molar-refractivity contribution in [3.63, 3.8) is 0 Å². The van der Waals surface area contributed by atoms with E-state index in [1.54, 1.807) is 29.0 Å². The van der Waals surface area contributed by atoms with Gasteiger partial charge >= 0.3 is 0 Å². The fourth-order valence-electron chi connectivity index (χ4n) is 2.80. The molecule has 1 atom stereocenters. The Balaban J connectivity index is 1.84. The number of amides is 2. The molecule has 6 nitrogen and oxygen atoms in total. The zero-order valence-corrected chi connectivity index (χ0v) is 12.6. The molecule has 1 aliphatic rings. The highest BCUT2D eigenvalue weighted by Crippen LogP contribution is 2.24. The molecule has 0 unspecified atom stereocenters. The lowest BCUT2D eigenvalue weighted by atomic mass is 9.93. The van der Waals surface area contributed by atoms with E-state index in [9.17, 15) is 9.59 Å². The lowest BCUT2D eigenvalue weighted by molar-refractivity contribution is -0.138. The number of anilines is 1. The molecule has 114 valence electrons. The van der Waals surface area contributed by atoms with Gasteiger partial charge in [-0.3, -0.25) is 14.3 Å². The van der Waals surface area contributed by atoms with Gasteiger partial charge < -0.3 is 10.2 Å². The number of carbonyl (C=O) groups is 2. The summed E-state index contributed by atoms with van der Waals surface area (Å²) in [5.74, 6) is -0.279. The van der Waals surface area contributed by atoms with Crippen molar-refractivity contribution in [2.75, 3.05) is 5.32 Å². The first-order chi connectivity index (χ1) is 10.5. The summed E-state index contributed by atoms with van der Waals surface area (Å²) in [7, 11) is 1.79. The molecule has 0 radical (unpaired) electrons. The second kappa shape index (κ2) is 5.63. The molecular formula is C16H18N4O2. The summed E-state index contributed by atoms with van der Waals surface area (Å²) >= 11 is 0. The third kappa shape index (κ3) is 2.72. The number of hydrogen-bond acceptors (Lipinski definition) is 3. The highest BCUT2D eigenvalue weighted by atomic mass is 16.2. The van der Waals surface area contributed by atoms with E-state index in [1.165, 1.54) is 6.92 Å². The van der Waals surface area contributed by atoms with Crippen molar-refractivity contribution in [2.45, 2.75) is 25.9 Å². The van der Waals surface area contributed by atoms with Gasteiger partial charge in [-0.1, -0.05) is 24.3 Å². The van der Waals surface area contributed by atoms with E-state index in [1.807, 2.05) is 24.3 Å². The predicted octanol–water partition coefficient (Wildman–Crippen LogP) is 1.33. The summed E-state index contributed by atoms with van der Waals surface area (Å²) in [4.78, 5) is 26.1. The molecule has 2 aromatic rings. The van der Waals surface area contributed by atoms with Crippen LogP contribution in [0, 0.1) is 0 Å². The minimum Gasteiger partial charge on any atom is -0.326 e. The van der Waals surface area contributed by atoms with Crippen LogP contribution in [0.5, 0.6) is 0 Å². The van der Waals surface area contributed by atoms with E-state index in [0.29, 0.717) is 18.7 Å². The van der Waals surface area contributed by atoms with E-state index in [0.717, 1.165) is 11.1 Å². The van der Waals surface area contributed by atoms with Crippen molar-refractivity contribution in [3.8, 4) is 0 Å². The normalized spacial score (nSPS) is 17.0. The Morgan fingerprint density at radius 2 is 2.00 bits per heavy atom. The zero-order valence-electron chi connectivity index (χ0n) is 12.6. The van der Waals surface area contributed by atoms with Crippen LogP contribution >= 0.6 is 0 Å². The summed E-state index contributed by atoms with van der Waals surface area (Å²) in [5.41, 5.74) is 2.85. The first-order valence-corrected chi connectivity index (χ1v) is 7.18. The van der Waals surface area contributed by atoms with E-state index in [2.05, 4.69) is 10.4 Å². The van der Waals surface area contributed by atoms with Gasteiger partial charge in [-0.25, -0.2) is 0 Å². The number of nitrogens with one attached hydrogen (secondary N) is 1. The van der Waals surface area contributed by atoms with Crippen LogP contribution in [-0.4, -0.2) is 32.5 Å². The predicted molar refractivity (Wildman–Crippen MR) is 82.0 cm³/mol. The van der Waals surface area contributed by atoms with Gasteiger partial charge in [0.15, 0.2) is 0 Å². The molecule has 1 N–H and O–H groups in total. The molecule has 0 bridgehead atoms. The second-order valence-corrected chi connectivity index (χ2v) is 5.53. The molecule has 1 aromatic carbocycles. The smallest absolute Gasteiger partial charge is 0.247 e. The third-order valence-corrected chi connectivity index (χ3v) is 3.93. The average molecular weight is 298 g/mol. The molecule has 0 saturated carbocycles.